The van der Waals surface area contributed by atoms with E-state index < -0.39 is 0 Å². The van der Waals surface area contributed by atoms with Crippen molar-refractivity contribution in [3.8, 4) is 58.1 Å². The van der Waals surface area contributed by atoms with Gasteiger partial charge >= 0.3 is 0 Å². The molecule has 0 fully saturated rings. The lowest BCUT2D eigenvalue weighted by Crippen LogP contribution is -2.25. The molecule has 0 nitrogen and oxygen atoms in total. The second-order valence-electron chi connectivity index (χ2n) is 18.7. The van der Waals surface area contributed by atoms with Crippen LogP contribution in [0.4, 0.5) is 0 Å². The zero-order valence-electron chi connectivity index (χ0n) is 39.0. The molecule has 1 aliphatic carbocycles. The summed E-state index contributed by atoms with van der Waals surface area (Å²) in [4.78, 5) is 0. The van der Waals surface area contributed by atoms with Gasteiger partial charge < -0.3 is 0 Å². The second kappa shape index (κ2) is 27.8. The number of rotatable bonds is 32. The Morgan fingerprint density at radius 1 is 0.328 bits per heavy atom. The largest absolute Gasteiger partial charge is 0.115 e. The van der Waals surface area contributed by atoms with E-state index in [1.807, 2.05) is 0 Å². The molecule has 0 aromatic heterocycles. The van der Waals surface area contributed by atoms with E-state index >= 15 is 0 Å². The molecule has 4 aromatic carbocycles. The summed E-state index contributed by atoms with van der Waals surface area (Å²) < 4.78 is 0. The molecule has 0 saturated carbocycles. The minimum atomic E-state index is 0.00243. The molecule has 61 heavy (non-hydrogen) atoms. The van der Waals surface area contributed by atoms with Crippen molar-refractivity contribution in [1.29, 1.82) is 0 Å². The lowest BCUT2D eigenvalue weighted by atomic mass is 9.70. The predicted molar refractivity (Wildman–Crippen MR) is 269 cm³/mol. The van der Waals surface area contributed by atoms with Gasteiger partial charge in [-0.1, -0.05) is 254 Å². The van der Waals surface area contributed by atoms with Crippen LogP contribution >= 0.6 is 0 Å². The van der Waals surface area contributed by atoms with Crippen LogP contribution in [0.5, 0.6) is 0 Å². The number of benzene rings is 4. The number of fused-ring (bicyclic) bond motifs is 3. The Hall–Kier alpha value is -4.00. The van der Waals surface area contributed by atoms with E-state index in [0.29, 0.717) is 0 Å². The third-order valence-corrected chi connectivity index (χ3v) is 14.0. The van der Waals surface area contributed by atoms with E-state index in [0.717, 1.165) is 11.1 Å². The zero-order chi connectivity index (χ0) is 42.8. The molecule has 0 N–H and O–H groups in total. The van der Waals surface area contributed by atoms with Crippen LogP contribution in [-0.4, -0.2) is 0 Å². The topological polar surface area (TPSA) is 0 Å². The molecule has 0 unspecified atom stereocenters. The summed E-state index contributed by atoms with van der Waals surface area (Å²) in [5, 5.41) is 0. The van der Waals surface area contributed by atoms with Gasteiger partial charge in [-0.3, -0.25) is 0 Å². The molecule has 0 amide bonds. The van der Waals surface area contributed by atoms with Gasteiger partial charge in [0.25, 0.3) is 0 Å². The summed E-state index contributed by atoms with van der Waals surface area (Å²) in [6.07, 6.45) is 52.9. The first-order valence-corrected chi connectivity index (χ1v) is 25.6. The molecule has 0 radical (unpaired) electrons. The Morgan fingerprint density at radius 3 is 0.869 bits per heavy atom. The predicted octanol–water partition coefficient (Wildman–Crippen LogP) is 19.0. The van der Waals surface area contributed by atoms with Crippen LogP contribution in [0, 0.1) is 24.7 Å². The molecule has 0 heterocycles. The number of hydrogen-bond acceptors (Lipinski definition) is 0. The van der Waals surface area contributed by atoms with Crippen LogP contribution in [0.15, 0.2) is 84.9 Å². The van der Waals surface area contributed by atoms with Crippen molar-refractivity contribution in [1.82, 2.24) is 0 Å². The van der Waals surface area contributed by atoms with Gasteiger partial charge in [-0.2, -0.15) is 0 Å². The third-order valence-electron chi connectivity index (χ3n) is 14.0. The molecule has 0 spiro atoms. The van der Waals surface area contributed by atoms with Crippen molar-refractivity contribution in [2.24, 2.45) is 0 Å². The number of unbranched alkanes of at least 4 members (excludes halogenated alkanes) is 26. The maximum atomic E-state index is 5.76. The Kier molecular flexibility index (Phi) is 21.9. The molecule has 1 aliphatic rings. The third kappa shape index (κ3) is 15.1. The fourth-order valence-electron chi connectivity index (χ4n) is 10.3. The van der Waals surface area contributed by atoms with Crippen molar-refractivity contribution < 1.29 is 0 Å². The minimum Gasteiger partial charge on any atom is -0.115 e. The van der Waals surface area contributed by atoms with Gasteiger partial charge in [-0.15, -0.1) is 12.8 Å². The highest BCUT2D eigenvalue weighted by molar-refractivity contribution is 5.86. The van der Waals surface area contributed by atoms with Crippen LogP contribution in [0.1, 0.15) is 229 Å². The van der Waals surface area contributed by atoms with E-state index in [1.165, 1.54) is 226 Å². The van der Waals surface area contributed by atoms with E-state index in [1.54, 1.807) is 11.1 Å². The van der Waals surface area contributed by atoms with Crippen LogP contribution in [0.25, 0.3) is 33.4 Å². The van der Waals surface area contributed by atoms with E-state index in [2.05, 4.69) is 111 Å². The van der Waals surface area contributed by atoms with Gasteiger partial charge in [-0.25, -0.2) is 0 Å². The highest BCUT2D eigenvalue weighted by atomic mass is 14.5. The summed E-state index contributed by atoms with van der Waals surface area (Å²) in [6, 6.07) is 31.9. The monoisotopic (exact) mass is 815 g/mol. The second-order valence-corrected chi connectivity index (χ2v) is 18.7. The van der Waals surface area contributed by atoms with Crippen LogP contribution in [0.2, 0.25) is 0 Å². The smallest absolute Gasteiger partial charge is 0.0243 e. The molecular formula is C61H82. The van der Waals surface area contributed by atoms with Crippen molar-refractivity contribution >= 4 is 0 Å². The van der Waals surface area contributed by atoms with Crippen LogP contribution < -0.4 is 0 Å². The maximum Gasteiger partial charge on any atom is 0.0243 e. The van der Waals surface area contributed by atoms with Crippen molar-refractivity contribution in [2.75, 3.05) is 0 Å². The molecule has 326 valence electrons. The summed E-state index contributed by atoms with van der Waals surface area (Å²) in [5.74, 6) is 5.62. The molecule has 0 aliphatic heterocycles. The normalized spacial score (nSPS) is 12.5. The standard InChI is InChI=1S/C61H82/c1-5-9-11-13-15-17-19-21-23-25-27-29-31-33-47-61(48-34-32-30-28-26-24-22-20-18-16-14-12-10-6-2)59-49-55(53-39-35-51(7-3)36-40-53)43-45-57(59)58-46-44-56(50-60(58)61)54-41-37-52(8-4)38-42-54/h3-4,35-46,49-50H,5-6,9-34,47-48H2,1-2H3. The molecule has 5 rings (SSSR count). The summed E-state index contributed by atoms with van der Waals surface area (Å²) >= 11 is 0. The van der Waals surface area contributed by atoms with Crippen LogP contribution in [-0.2, 0) is 5.41 Å². The van der Waals surface area contributed by atoms with Gasteiger partial charge in [0.05, 0.1) is 0 Å². The molecule has 0 atom stereocenters. The molecule has 0 bridgehead atoms. The Morgan fingerprint density at radius 2 is 0.590 bits per heavy atom. The summed E-state index contributed by atoms with van der Waals surface area (Å²) in [6.45, 7) is 4.62. The fourth-order valence-corrected chi connectivity index (χ4v) is 10.3. The van der Waals surface area contributed by atoms with Crippen molar-refractivity contribution in [3.05, 3.63) is 107 Å². The van der Waals surface area contributed by atoms with E-state index in [9.17, 15) is 0 Å². The molecule has 0 saturated heterocycles. The first kappa shape index (κ1) is 48.0. The SMILES string of the molecule is C#Cc1ccc(-c2ccc3c(c2)C(CCCCCCCCCCCCCCCC)(CCCCCCCCCCCCCCCC)c2cc(-c4ccc(C#C)cc4)ccc2-3)cc1. The first-order chi connectivity index (χ1) is 30.1. The highest BCUT2D eigenvalue weighted by Gasteiger charge is 2.42. The van der Waals surface area contributed by atoms with Crippen LogP contribution in [0.3, 0.4) is 0 Å². The molecular weight excluding hydrogens is 733 g/mol. The Balaban J connectivity index is 1.28. The number of terminal acetylenes is 2. The van der Waals surface area contributed by atoms with Crippen molar-refractivity contribution in [3.63, 3.8) is 0 Å². The zero-order valence-corrected chi connectivity index (χ0v) is 39.0. The summed E-state index contributed by atoms with van der Waals surface area (Å²) in [5.41, 5.74) is 12.9. The number of hydrogen-bond donors (Lipinski definition) is 0. The van der Waals surface area contributed by atoms with Gasteiger partial charge in [-0.05, 0) is 93.7 Å². The first-order valence-electron chi connectivity index (χ1n) is 25.6. The van der Waals surface area contributed by atoms with E-state index in [4.69, 9.17) is 12.8 Å². The maximum absolute atomic E-state index is 5.76. The fraction of sp³-hybridized carbons (Fsp3) is 0.541. The average molecular weight is 815 g/mol. The molecule has 0 heteroatoms. The average Bonchev–Trinajstić information content (AvgIpc) is 3.57. The van der Waals surface area contributed by atoms with Gasteiger partial charge in [0.15, 0.2) is 0 Å². The molecule has 4 aromatic rings. The van der Waals surface area contributed by atoms with E-state index in [-0.39, 0.29) is 5.41 Å². The summed E-state index contributed by atoms with van der Waals surface area (Å²) in [7, 11) is 0. The lowest BCUT2D eigenvalue weighted by molar-refractivity contribution is 0.397. The Bertz CT molecular complexity index is 1750. The lowest BCUT2D eigenvalue weighted by Gasteiger charge is -2.33. The quantitative estimate of drug-likeness (QED) is 0.0340. The Labute approximate surface area is 375 Å². The van der Waals surface area contributed by atoms with Gasteiger partial charge in [0, 0.05) is 16.5 Å². The van der Waals surface area contributed by atoms with Gasteiger partial charge in [0.2, 0.25) is 0 Å². The van der Waals surface area contributed by atoms with Crippen molar-refractivity contribution in [2.45, 2.75) is 212 Å². The minimum absolute atomic E-state index is 0.00243. The van der Waals surface area contributed by atoms with Gasteiger partial charge in [0.1, 0.15) is 0 Å². The highest BCUT2D eigenvalue weighted by Crippen LogP contribution is 2.56.